The average molecular weight is 576 g/mol. The number of β-lactam (4-membered cyclic amide) rings is 1. The van der Waals surface area contributed by atoms with E-state index in [2.05, 4.69) is 25.8 Å². The number of carboxylic acid groups (broad SMARTS) is 2. The van der Waals surface area contributed by atoms with Crippen LogP contribution in [0.2, 0.25) is 0 Å². The van der Waals surface area contributed by atoms with E-state index in [-0.39, 0.29) is 28.8 Å². The van der Waals surface area contributed by atoms with Gasteiger partial charge in [-0.05, 0) is 31.1 Å². The molecular weight excluding hydrogens is 550 g/mol. The molecule has 1 saturated heterocycles. The van der Waals surface area contributed by atoms with Crippen LogP contribution in [0.3, 0.4) is 0 Å². The van der Waals surface area contributed by atoms with E-state index in [0.717, 1.165) is 21.8 Å². The summed E-state index contributed by atoms with van der Waals surface area (Å²) in [6.45, 7) is 3.21. The topological polar surface area (TPSA) is 209 Å². The summed E-state index contributed by atoms with van der Waals surface area (Å²) in [6, 6.07) is 2.64. The number of hydrogen-bond donors (Lipinski definition) is 5. The van der Waals surface area contributed by atoms with Gasteiger partial charge in [0.1, 0.15) is 22.8 Å². The second-order valence-corrected chi connectivity index (χ2v) is 11.0. The molecule has 39 heavy (non-hydrogen) atoms. The Balaban J connectivity index is 1.48. The van der Waals surface area contributed by atoms with Gasteiger partial charge in [0.25, 0.3) is 11.8 Å². The molecule has 4 heterocycles. The molecule has 0 bridgehead atoms. The Bertz CT molecular complexity index is 1360. The average Bonchev–Trinajstić information content (AvgIpc) is 3.32. The van der Waals surface area contributed by atoms with Crippen molar-refractivity contribution in [1.29, 1.82) is 0 Å². The van der Waals surface area contributed by atoms with E-state index in [9.17, 15) is 29.4 Å². The number of amides is 2. The van der Waals surface area contributed by atoms with Gasteiger partial charge in [-0.15, -0.1) is 23.1 Å². The van der Waals surface area contributed by atoms with Gasteiger partial charge in [-0.1, -0.05) is 11.2 Å². The first-order valence-corrected chi connectivity index (χ1v) is 13.4. The number of aromatic nitrogens is 2. The van der Waals surface area contributed by atoms with Crippen molar-refractivity contribution in [1.82, 2.24) is 25.5 Å². The van der Waals surface area contributed by atoms with Gasteiger partial charge in [-0.25, -0.2) is 14.6 Å². The Morgan fingerprint density at radius 2 is 2.08 bits per heavy atom. The van der Waals surface area contributed by atoms with Crippen LogP contribution >= 0.6 is 23.1 Å². The lowest BCUT2D eigenvalue weighted by Crippen LogP contribution is -2.71. The number of nitrogen functional groups attached to an aromatic ring is 1. The number of anilines is 1. The number of oxime groups is 1. The van der Waals surface area contributed by atoms with Crippen LogP contribution < -0.4 is 16.4 Å². The third-order valence-corrected chi connectivity index (χ3v) is 7.80. The summed E-state index contributed by atoms with van der Waals surface area (Å²) in [4.78, 5) is 64.0. The molecule has 16 heteroatoms. The van der Waals surface area contributed by atoms with Gasteiger partial charge in [0.05, 0.1) is 0 Å². The molecule has 206 valence electrons. The highest BCUT2D eigenvalue weighted by Gasteiger charge is 2.54. The van der Waals surface area contributed by atoms with E-state index in [1.807, 2.05) is 6.07 Å². The molecule has 14 nitrogen and oxygen atoms in total. The van der Waals surface area contributed by atoms with Crippen molar-refractivity contribution in [3.63, 3.8) is 0 Å². The highest BCUT2D eigenvalue weighted by molar-refractivity contribution is 8.00. The van der Waals surface area contributed by atoms with E-state index in [0.29, 0.717) is 17.9 Å². The summed E-state index contributed by atoms with van der Waals surface area (Å²) < 4.78 is 0. The second kappa shape index (κ2) is 11.4. The number of thiazole rings is 1. The zero-order valence-corrected chi connectivity index (χ0v) is 22.4. The smallest absolute Gasteiger partial charge is 0.352 e. The largest absolute Gasteiger partial charge is 0.478 e. The zero-order chi connectivity index (χ0) is 28.3. The van der Waals surface area contributed by atoms with Gasteiger partial charge >= 0.3 is 11.9 Å². The number of nitrogens with one attached hydrogen (secondary N) is 2. The second-order valence-electron chi connectivity index (χ2n) is 9.00. The van der Waals surface area contributed by atoms with Gasteiger partial charge < -0.3 is 31.4 Å². The van der Waals surface area contributed by atoms with Crippen LogP contribution in [0.15, 0.2) is 46.3 Å². The van der Waals surface area contributed by atoms with Crippen molar-refractivity contribution in [2.24, 2.45) is 5.16 Å². The maximum Gasteiger partial charge on any atom is 0.352 e. The predicted molar refractivity (Wildman–Crippen MR) is 141 cm³/mol. The maximum atomic E-state index is 13.1. The summed E-state index contributed by atoms with van der Waals surface area (Å²) in [7, 11) is 0. The molecule has 1 unspecified atom stereocenters. The summed E-state index contributed by atoms with van der Waals surface area (Å²) >= 11 is 2.34. The van der Waals surface area contributed by atoms with E-state index in [1.165, 1.54) is 31.0 Å². The van der Waals surface area contributed by atoms with Crippen molar-refractivity contribution in [2.45, 2.75) is 37.4 Å². The normalized spacial score (nSPS) is 19.3. The zero-order valence-electron chi connectivity index (χ0n) is 20.8. The fraction of sp³-hybridized carbons (Fsp3) is 0.348. The molecular formula is C23H25N7O7S2. The lowest BCUT2D eigenvalue weighted by Gasteiger charge is -2.49. The first-order valence-electron chi connectivity index (χ1n) is 11.5. The Kier molecular flexibility index (Phi) is 8.17. The molecule has 2 aliphatic rings. The monoisotopic (exact) mass is 575 g/mol. The fourth-order valence-electron chi connectivity index (χ4n) is 3.69. The highest BCUT2D eigenvalue weighted by atomic mass is 32.2. The Morgan fingerprint density at radius 3 is 2.69 bits per heavy atom. The minimum Gasteiger partial charge on any atom is -0.478 e. The lowest BCUT2D eigenvalue weighted by molar-refractivity contribution is -0.161. The molecule has 2 aromatic rings. The summed E-state index contributed by atoms with van der Waals surface area (Å²) in [5.41, 5.74) is 4.91. The van der Waals surface area contributed by atoms with Gasteiger partial charge in [0.15, 0.2) is 10.8 Å². The van der Waals surface area contributed by atoms with E-state index in [4.69, 9.17) is 10.6 Å². The number of pyridine rings is 1. The number of carbonyl (C=O) groups excluding carboxylic acids is 2. The lowest BCUT2D eigenvalue weighted by atomic mass is 10.0. The number of aliphatic carboxylic acids is 2. The number of thioether (sulfide) groups is 1. The van der Waals surface area contributed by atoms with Crippen LogP contribution in [0, 0.1) is 0 Å². The molecule has 0 aliphatic carbocycles. The minimum atomic E-state index is -1.75. The summed E-state index contributed by atoms with van der Waals surface area (Å²) in [5, 5.41) is 29.5. The number of fused-ring (bicyclic) bond motifs is 1. The molecule has 1 fully saturated rings. The number of nitrogens with zero attached hydrogens (tertiary/aromatic N) is 4. The standard InChI is InChI=1S/C23H25N7O7S2/c1-23(2,21(35)36)37-29-14(13-10-39-22(24)27-13)17(31)28-15-18(32)30-16(20(33)34)12(9-38-19(15)30)8-26-7-11-4-3-5-25-6-11/h3-6,10,15,19,26H,7-9H2,1-2H3,(H2,24,27)(H,28,31)(H,33,34)(H,35,36)/t15?,19-/m0/s1. The fourth-order valence-corrected chi connectivity index (χ4v) is 5.58. The third-order valence-electron chi connectivity index (χ3n) is 5.79. The number of carboxylic acids is 2. The number of nitrogens with two attached hydrogens (primary N) is 1. The Labute approximate surface area is 230 Å². The first-order chi connectivity index (χ1) is 18.5. The van der Waals surface area contributed by atoms with Crippen molar-refractivity contribution in [3.05, 3.63) is 52.4 Å². The van der Waals surface area contributed by atoms with Crippen molar-refractivity contribution >= 4 is 57.7 Å². The molecule has 6 N–H and O–H groups in total. The quantitative estimate of drug-likeness (QED) is 0.139. The van der Waals surface area contributed by atoms with Crippen molar-refractivity contribution in [3.8, 4) is 0 Å². The molecule has 2 amide bonds. The predicted octanol–water partition coefficient (Wildman–Crippen LogP) is 0.233. The molecule has 0 radical (unpaired) electrons. The number of rotatable bonds is 11. The van der Waals surface area contributed by atoms with Gasteiger partial charge in [-0.2, -0.15) is 0 Å². The highest BCUT2D eigenvalue weighted by Crippen LogP contribution is 2.40. The van der Waals surface area contributed by atoms with Crippen molar-refractivity contribution < 1.29 is 34.2 Å². The van der Waals surface area contributed by atoms with Crippen LogP contribution in [-0.2, 0) is 30.6 Å². The van der Waals surface area contributed by atoms with Gasteiger partial charge in [0.2, 0.25) is 5.60 Å². The molecule has 2 aliphatic heterocycles. The van der Waals surface area contributed by atoms with Gasteiger partial charge in [0, 0.05) is 36.6 Å². The molecule has 2 aromatic heterocycles. The Morgan fingerprint density at radius 1 is 1.31 bits per heavy atom. The third kappa shape index (κ3) is 6.02. The van der Waals surface area contributed by atoms with Crippen LogP contribution in [-0.4, -0.2) is 83.9 Å². The molecule has 2 atom stereocenters. The Hall–Kier alpha value is -4.02. The molecule has 0 aromatic carbocycles. The molecule has 0 spiro atoms. The van der Waals surface area contributed by atoms with Crippen LogP contribution in [0.4, 0.5) is 5.13 Å². The van der Waals surface area contributed by atoms with E-state index in [1.54, 1.807) is 18.5 Å². The summed E-state index contributed by atoms with van der Waals surface area (Å²) in [5.74, 6) is -3.70. The number of carbonyl (C=O) groups is 4. The van der Waals surface area contributed by atoms with E-state index >= 15 is 0 Å². The maximum absolute atomic E-state index is 13.1. The molecule has 4 rings (SSSR count). The molecule has 0 saturated carbocycles. The van der Waals surface area contributed by atoms with Crippen LogP contribution in [0.1, 0.15) is 25.1 Å². The first kappa shape index (κ1) is 28.0. The number of hydrogen-bond acceptors (Lipinski definition) is 12. The van der Waals surface area contributed by atoms with Gasteiger partial charge in [-0.3, -0.25) is 19.5 Å². The van der Waals surface area contributed by atoms with Crippen LogP contribution in [0.5, 0.6) is 0 Å². The minimum absolute atomic E-state index is 0.0317. The van der Waals surface area contributed by atoms with E-state index < -0.39 is 40.8 Å². The van der Waals surface area contributed by atoms with Crippen LogP contribution in [0.25, 0.3) is 0 Å². The SMILES string of the molecule is CC(C)(ON=C(C(=O)NC1C(=O)N2C(C(=O)O)=C(CNCc3cccnc3)CS[C@@H]12)c1csc(N)n1)C(=O)O. The van der Waals surface area contributed by atoms with Crippen molar-refractivity contribution in [2.75, 3.05) is 18.0 Å². The summed E-state index contributed by atoms with van der Waals surface area (Å²) in [6.07, 6.45) is 3.35.